The van der Waals surface area contributed by atoms with Gasteiger partial charge in [-0.05, 0) is 48.4 Å². The number of carbonyl (C=O) groups is 2. The van der Waals surface area contributed by atoms with Crippen LogP contribution in [-0.2, 0) is 29.1 Å². The van der Waals surface area contributed by atoms with Crippen molar-refractivity contribution in [1.29, 1.82) is 0 Å². The highest BCUT2D eigenvalue weighted by molar-refractivity contribution is 7.89. The van der Waals surface area contributed by atoms with Crippen molar-refractivity contribution in [2.24, 2.45) is 0 Å². The van der Waals surface area contributed by atoms with E-state index in [4.69, 9.17) is 9.47 Å². The third-order valence-electron chi connectivity index (χ3n) is 4.95. The SMILES string of the molecule is Cc1ccc(S(=O)(=O)N2CCOCC2)cc1NC(=O)COC(=O)/C=C\c1ccc(OC(F)F)cc1. The van der Waals surface area contributed by atoms with Crippen molar-refractivity contribution in [3.8, 4) is 5.75 Å². The van der Waals surface area contributed by atoms with Gasteiger partial charge >= 0.3 is 12.6 Å². The van der Waals surface area contributed by atoms with E-state index in [2.05, 4.69) is 10.1 Å². The molecular formula is C23H24F2N2O7S. The molecule has 188 valence electrons. The van der Waals surface area contributed by atoms with Gasteiger partial charge in [-0.1, -0.05) is 18.2 Å². The van der Waals surface area contributed by atoms with Crippen LogP contribution >= 0.6 is 0 Å². The Hall–Kier alpha value is -3.35. The molecule has 0 unspecified atom stereocenters. The zero-order valence-corrected chi connectivity index (χ0v) is 19.6. The number of aryl methyl sites for hydroxylation is 1. The average molecular weight is 511 g/mol. The molecule has 0 bridgehead atoms. The second-order valence-corrected chi connectivity index (χ2v) is 9.37. The Bertz CT molecular complexity index is 1180. The maximum absolute atomic E-state index is 12.8. The molecule has 0 saturated carbocycles. The Balaban J connectivity index is 1.55. The van der Waals surface area contributed by atoms with Gasteiger partial charge in [0, 0.05) is 24.9 Å². The molecule has 12 heteroatoms. The first-order chi connectivity index (χ1) is 16.6. The Kier molecular flexibility index (Phi) is 8.90. The number of nitrogens with zero attached hydrogens (tertiary/aromatic N) is 1. The number of anilines is 1. The molecule has 0 atom stereocenters. The first kappa shape index (κ1) is 26.3. The van der Waals surface area contributed by atoms with Crippen molar-refractivity contribution >= 4 is 33.7 Å². The van der Waals surface area contributed by atoms with Crippen molar-refractivity contribution in [2.45, 2.75) is 18.4 Å². The van der Waals surface area contributed by atoms with Crippen LogP contribution in [0.5, 0.6) is 5.75 Å². The van der Waals surface area contributed by atoms with E-state index >= 15 is 0 Å². The van der Waals surface area contributed by atoms with Gasteiger partial charge < -0.3 is 19.5 Å². The van der Waals surface area contributed by atoms with Crippen LogP contribution in [0.2, 0.25) is 0 Å². The number of halogens is 2. The summed E-state index contributed by atoms with van der Waals surface area (Å²) in [6.07, 6.45) is 2.47. The van der Waals surface area contributed by atoms with Crippen LogP contribution in [0.4, 0.5) is 14.5 Å². The van der Waals surface area contributed by atoms with Gasteiger partial charge in [0.15, 0.2) is 6.61 Å². The summed E-state index contributed by atoms with van der Waals surface area (Å²) in [4.78, 5) is 24.2. The van der Waals surface area contributed by atoms with E-state index in [1.54, 1.807) is 13.0 Å². The molecule has 0 aromatic heterocycles. The molecule has 9 nitrogen and oxygen atoms in total. The molecule has 1 amide bonds. The maximum Gasteiger partial charge on any atom is 0.387 e. The number of morpholine rings is 1. The Morgan fingerprint density at radius 2 is 1.83 bits per heavy atom. The molecule has 2 aromatic rings. The third-order valence-corrected chi connectivity index (χ3v) is 6.85. The molecule has 0 spiro atoms. The van der Waals surface area contributed by atoms with E-state index in [-0.39, 0.29) is 29.4 Å². The summed E-state index contributed by atoms with van der Waals surface area (Å²) >= 11 is 0. The molecular weight excluding hydrogens is 486 g/mol. The van der Waals surface area contributed by atoms with Crippen LogP contribution < -0.4 is 10.1 Å². The zero-order valence-electron chi connectivity index (χ0n) is 18.8. The van der Waals surface area contributed by atoms with Crippen LogP contribution in [0.3, 0.4) is 0 Å². The van der Waals surface area contributed by atoms with Crippen LogP contribution in [0, 0.1) is 6.92 Å². The first-order valence-corrected chi connectivity index (χ1v) is 12.0. The van der Waals surface area contributed by atoms with E-state index in [0.717, 1.165) is 6.08 Å². The lowest BCUT2D eigenvalue weighted by Gasteiger charge is -2.26. The van der Waals surface area contributed by atoms with Crippen molar-refractivity contribution in [3.05, 3.63) is 59.7 Å². The van der Waals surface area contributed by atoms with Crippen molar-refractivity contribution in [1.82, 2.24) is 4.31 Å². The lowest BCUT2D eigenvalue weighted by Crippen LogP contribution is -2.40. The summed E-state index contributed by atoms with van der Waals surface area (Å²) in [6, 6.07) is 9.98. The number of rotatable bonds is 9. The Labute approximate surface area is 201 Å². The van der Waals surface area contributed by atoms with E-state index in [1.165, 1.54) is 46.8 Å². The minimum Gasteiger partial charge on any atom is -0.452 e. The number of amides is 1. The summed E-state index contributed by atoms with van der Waals surface area (Å²) in [6.45, 7) is -0.709. The van der Waals surface area contributed by atoms with Crippen molar-refractivity contribution in [2.75, 3.05) is 38.2 Å². The van der Waals surface area contributed by atoms with Gasteiger partial charge in [-0.3, -0.25) is 4.79 Å². The second-order valence-electron chi connectivity index (χ2n) is 7.43. The monoisotopic (exact) mass is 510 g/mol. The van der Waals surface area contributed by atoms with Gasteiger partial charge in [-0.15, -0.1) is 0 Å². The van der Waals surface area contributed by atoms with E-state index in [9.17, 15) is 26.8 Å². The summed E-state index contributed by atoms with van der Waals surface area (Å²) in [5.74, 6) is -1.47. The van der Waals surface area contributed by atoms with Crippen molar-refractivity contribution < 1.29 is 41.0 Å². The zero-order chi connectivity index (χ0) is 25.4. The second kappa shape index (κ2) is 11.9. The minimum absolute atomic E-state index is 0.0199. The van der Waals surface area contributed by atoms with Crippen LogP contribution in [0.15, 0.2) is 53.4 Å². The van der Waals surface area contributed by atoms with Crippen molar-refractivity contribution in [3.63, 3.8) is 0 Å². The Morgan fingerprint density at radius 3 is 2.49 bits per heavy atom. The number of esters is 1. The number of benzene rings is 2. The molecule has 1 N–H and O–H groups in total. The minimum atomic E-state index is -3.74. The highest BCUT2D eigenvalue weighted by Gasteiger charge is 2.27. The number of sulfonamides is 1. The van der Waals surface area contributed by atoms with Gasteiger partial charge in [0.2, 0.25) is 10.0 Å². The maximum atomic E-state index is 12.8. The summed E-state index contributed by atoms with van der Waals surface area (Å²) in [5, 5.41) is 2.55. The summed E-state index contributed by atoms with van der Waals surface area (Å²) in [7, 11) is -3.74. The fraction of sp³-hybridized carbons (Fsp3) is 0.304. The van der Waals surface area contributed by atoms with Crippen LogP contribution in [0.25, 0.3) is 6.08 Å². The highest BCUT2D eigenvalue weighted by atomic mass is 32.2. The largest absolute Gasteiger partial charge is 0.452 e. The fourth-order valence-electron chi connectivity index (χ4n) is 3.13. The quantitative estimate of drug-likeness (QED) is 0.408. The molecule has 35 heavy (non-hydrogen) atoms. The number of nitrogens with one attached hydrogen (secondary N) is 1. The smallest absolute Gasteiger partial charge is 0.387 e. The first-order valence-electron chi connectivity index (χ1n) is 10.5. The molecule has 3 rings (SSSR count). The molecule has 0 aliphatic carbocycles. The topological polar surface area (TPSA) is 111 Å². The normalized spacial score (nSPS) is 14.7. The van der Waals surface area contributed by atoms with E-state index in [1.807, 2.05) is 0 Å². The van der Waals surface area contributed by atoms with Gasteiger partial charge in [0.05, 0.1) is 18.1 Å². The van der Waals surface area contributed by atoms with E-state index < -0.39 is 35.1 Å². The average Bonchev–Trinajstić information content (AvgIpc) is 2.83. The molecule has 1 heterocycles. The molecule has 1 fully saturated rings. The van der Waals surface area contributed by atoms with Gasteiger partial charge in [0.1, 0.15) is 5.75 Å². The number of hydrogen-bond donors (Lipinski definition) is 1. The number of hydrogen-bond acceptors (Lipinski definition) is 7. The van der Waals surface area contributed by atoms with Gasteiger partial charge in [0.25, 0.3) is 5.91 Å². The molecule has 1 saturated heterocycles. The van der Waals surface area contributed by atoms with Gasteiger partial charge in [-0.25, -0.2) is 13.2 Å². The van der Waals surface area contributed by atoms with Crippen LogP contribution in [-0.4, -0.2) is 64.1 Å². The standard InChI is InChI=1S/C23H24F2N2O7S/c1-16-2-8-19(35(30,31)27-10-12-32-13-11-27)14-20(16)26-21(28)15-33-22(29)9-5-17-3-6-18(7-4-17)34-23(24)25/h2-9,14,23H,10-13,15H2,1H3,(H,26,28)/b9-5-. The lowest BCUT2D eigenvalue weighted by atomic mass is 10.2. The molecule has 0 radical (unpaired) electrons. The molecule has 1 aliphatic rings. The predicted molar refractivity (Wildman–Crippen MR) is 122 cm³/mol. The third kappa shape index (κ3) is 7.57. The Morgan fingerprint density at radius 1 is 1.14 bits per heavy atom. The predicted octanol–water partition coefficient (Wildman–Crippen LogP) is 2.81. The summed E-state index contributed by atoms with van der Waals surface area (Å²) < 4.78 is 65.7. The molecule has 1 aliphatic heterocycles. The van der Waals surface area contributed by atoms with Gasteiger partial charge in [-0.2, -0.15) is 13.1 Å². The number of carbonyl (C=O) groups excluding carboxylic acids is 2. The highest BCUT2D eigenvalue weighted by Crippen LogP contribution is 2.23. The number of alkyl halides is 2. The fourth-order valence-corrected chi connectivity index (χ4v) is 4.56. The summed E-state index contributed by atoms with van der Waals surface area (Å²) in [5.41, 5.74) is 1.44. The van der Waals surface area contributed by atoms with E-state index in [0.29, 0.717) is 24.3 Å². The molecule has 2 aromatic carbocycles. The van der Waals surface area contributed by atoms with Crippen LogP contribution in [0.1, 0.15) is 11.1 Å². The number of ether oxygens (including phenoxy) is 3. The lowest BCUT2D eigenvalue weighted by molar-refractivity contribution is -0.142.